The summed E-state index contributed by atoms with van der Waals surface area (Å²) in [5.41, 5.74) is 4.19. The van der Waals surface area contributed by atoms with E-state index in [0.29, 0.717) is 6.04 Å². The number of rotatable bonds is 2. The van der Waals surface area contributed by atoms with Crippen molar-refractivity contribution in [2.24, 2.45) is 0 Å². The van der Waals surface area contributed by atoms with Gasteiger partial charge in [-0.3, -0.25) is 0 Å². The summed E-state index contributed by atoms with van der Waals surface area (Å²) in [5, 5.41) is 3.56. The van der Waals surface area contributed by atoms with Gasteiger partial charge in [-0.2, -0.15) is 0 Å². The van der Waals surface area contributed by atoms with Crippen molar-refractivity contribution in [3.63, 3.8) is 0 Å². The van der Waals surface area contributed by atoms with E-state index in [1.54, 1.807) is 0 Å². The van der Waals surface area contributed by atoms with Crippen molar-refractivity contribution in [2.75, 3.05) is 6.54 Å². The SMILES string of the molecule is CC(C)=Cc1ccccc1C1CCCN1. The molecule has 80 valence electrons. The van der Waals surface area contributed by atoms with E-state index in [2.05, 4.69) is 49.5 Å². The molecular weight excluding hydrogens is 182 g/mol. The molecule has 0 aliphatic carbocycles. The number of hydrogen-bond donors (Lipinski definition) is 1. The standard InChI is InChI=1S/C14H19N/c1-11(2)10-12-6-3-4-7-13(12)14-8-5-9-15-14/h3-4,6-7,10,14-15H,5,8-9H2,1-2H3. The summed E-state index contributed by atoms with van der Waals surface area (Å²) in [6, 6.07) is 9.28. The lowest BCUT2D eigenvalue weighted by Crippen LogP contribution is -2.13. The van der Waals surface area contributed by atoms with E-state index in [9.17, 15) is 0 Å². The lowest BCUT2D eigenvalue weighted by molar-refractivity contribution is 0.646. The minimum Gasteiger partial charge on any atom is -0.310 e. The average Bonchev–Trinajstić information content (AvgIpc) is 2.70. The fraction of sp³-hybridized carbons (Fsp3) is 0.429. The van der Waals surface area contributed by atoms with Crippen LogP contribution in [0.3, 0.4) is 0 Å². The molecule has 1 aliphatic rings. The summed E-state index contributed by atoms with van der Waals surface area (Å²) in [7, 11) is 0. The zero-order valence-corrected chi connectivity index (χ0v) is 9.59. The van der Waals surface area contributed by atoms with Crippen molar-refractivity contribution in [1.82, 2.24) is 5.32 Å². The molecule has 1 unspecified atom stereocenters. The van der Waals surface area contributed by atoms with Crippen LogP contribution in [0.1, 0.15) is 43.9 Å². The van der Waals surface area contributed by atoms with E-state index in [1.165, 1.54) is 29.5 Å². The van der Waals surface area contributed by atoms with Crippen LogP contribution in [0, 0.1) is 0 Å². The van der Waals surface area contributed by atoms with Crippen LogP contribution in [-0.2, 0) is 0 Å². The molecular formula is C14H19N. The van der Waals surface area contributed by atoms with Crippen LogP contribution in [0.15, 0.2) is 29.8 Å². The first-order valence-electron chi connectivity index (χ1n) is 5.74. The minimum absolute atomic E-state index is 0.566. The lowest BCUT2D eigenvalue weighted by Gasteiger charge is -2.14. The van der Waals surface area contributed by atoms with Crippen LogP contribution in [0.2, 0.25) is 0 Å². The Hall–Kier alpha value is -1.08. The molecule has 1 aromatic rings. The molecule has 1 heteroatoms. The van der Waals surface area contributed by atoms with Crippen molar-refractivity contribution in [3.05, 3.63) is 41.0 Å². The summed E-state index contributed by atoms with van der Waals surface area (Å²) < 4.78 is 0. The fourth-order valence-corrected chi connectivity index (χ4v) is 2.22. The second kappa shape index (κ2) is 4.63. The third-order valence-electron chi connectivity index (χ3n) is 2.88. The Balaban J connectivity index is 2.32. The van der Waals surface area contributed by atoms with Crippen LogP contribution < -0.4 is 5.32 Å². The number of nitrogens with one attached hydrogen (secondary N) is 1. The highest BCUT2D eigenvalue weighted by molar-refractivity contribution is 5.56. The average molecular weight is 201 g/mol. The molecule has 1 aromatic carbocycles. The molecule has 1 nitrogen and oxygen atoms in total. The van der Waals surface area contributed by atoms with Crippen molar-refractivity contribution in [2.45, 2.75) is 32.7 Å². The quantitative estimate of drug-likeness (QED) is 0.771. The molecule has 0 saturated carbocycles. The van der Waals surface area contributed by atoms with E-state index in [0.717, 1.165) is 6.54 Å². The number of benzene rings is 1. The van der Waals surface area contributed by atoms with Gasteiger partial charge in [0.1, 0.15) is 0 Å². The Kier molecular flexibility index (Phi) is 3.22. The number of allylic oxidation sites excluding steroid dienone is 1. The van der Waals surface area contributed by atoms with Gasteiger partial charge < -0.3 is 5.32 Å². The fourth-order valence-electron chi connectivity index (χ4n) is 2.22. The highest BCUT2D eigenvalue weighted by Crippen LogP contribution is 2.27. The maximum absolute atomic E-state index is 3.56. The zero-order chi connectivity index (χ0) is 10.7. The van der Waals surface area contributed by atoms with Gasteiger partial charge >= 0.3 is 0 Å². The van der Waals surface area contributed by atoms with Gasteiger partial charge in [-0.15, -0.1) is 0 Å². The van der Waals surface area contributed by atoms with Crippen molar-refractivity contribution in [3.8, 4) is 0 Å². The normalized spacial score (nSPS) is 20.3. The Bertz CT molecular complexity index is 355. The van der Waals surface area contributed by atoms with E-state index in [1.807, 2.05) is 0 Å². The second-order valence-corrected chi connectivity index (χ2v) is 4.50. The Morgan fingerprint density at radius 3 is 2.80 bits per heavy atom. The van der Waals surface area contributed by atoms with Crippen molar-refractivity contribution in [1.29, 1.82) is 0 Å². The van der Waals surface area contributed by atoms with Crippen LogP contribution in [0.5, 0.6) is 0 Å². The molecule has 0 aromatic heterocycles. The van der Waals surface area contributed by atoms with Crippen molar-refractivity contribution < 1.29 is 0 Å². The molecule has 1 heterocycles. The van der Waals surface area contributed by atoms with E-state index < -0.39 is 0 Å². The van der Waals surface area contributed by atoms with Gasteiger partial charge in [0.05, 0.1) is 0 Å². The molecule has 1 fully saturated rings. The summed E-state index contributed by atoms with van der Waals surface area (Å²) >= 11 is 0. The second-order valence-electron chi connectivity index (χ2n) is 4.50. The molecule has 2 rings (SSSR count). The van der Waals surface area contributed by atoms with Gasteiger partial charge in [-0.05, 0) is 44.4 Å². The minimum atomic E-state index is 0.566. The molecule has 0 radical (unpaired) electrons. The Morgan fingerprint density at radius 1 is 1.33 bits per heavy atom. The first-order chi connectivity index (χ1) is 7.27. The molecule has 1 atom stereocenters. The molecule has 0 spiro atoms. The maximum atomic E-state index is 3.56. The predicted molar refractivity (Wildman–Crippen MR) is 65.7 cm³/mol. The third-order valence-corrected chi connectivity index (χ3v) is 2.88. The first-order valence-corrected chi connectivity index (χ1v) is 5.74. The zero-order valence-electron chi connectivity index (χ0n) is 9.59. The molecule has 15 heavy (non-hydrogen) atoms. The molecule has 1 N–H and O–H groups in total. The van der Waals surface area contributed by atoms with Gasteiger partial charge in [-0.25, -0.2) is 0 Å². The molecule has 1 saturated heterocycles. The van der Waals surface area contributed by atoms with Crippen LogP contribution in [0.25, 0.3) is 6.08 Å². The van der Waals surface area contributed by atoms with Crippen molar-refractivity contribution >= 4 is 6.08 Å². The molecule has 0 bridgehead atoms. The highest BCUT2D eigenvalue weighted by atomic mass is 14.9. The topological polar surface area (TPSA) is 12.0 Å². The molecule has 1 aliphatic heterocycles. The Labute approximate surface area is 92.2 Å². The van der Waals surface area contributed by atoms with E-state index in [-0.39, 0.29) is 0 Å². The highest BCUT2D eigenvalue weighted by Gasteiger charge is 2.17. The largest absolute Gasteiger partial charge is 0.310 e. The summed E-state index contributed by atoms with van der Waals surface area (Å²) in [6.45, 7) is 5.46. The van der Waals surface area contributed by atoms with Gasteiger partial charge in [0.15, 0.2) is 0 Å². The Morgan fingerprint density at radius 2 is 2.13 bits per heavy atom. The maximum Gasteiger partial charge on any atom is 0.0326 e. The summed E-state index contributed by atoms with van der Waals surface area (Å²) in [4.78, 5) is 0. The smallest absolute Gasteiger partial charge is 0.0326 e. The van der Waals surface area contributed by atoms with E-state index in [4.69, 9.17) is 0 Å². The van der Waals surface area contributed by atoms with Gasteiger partial charge in [-0.1, -0.05) is 35.9 Å². The van der Waals surface area contributed by atoms with Gasteiger partial charge in [0.2, 0.25) is 0 Å². The van der Waals surface area contributed by atoms with Gasteiger partial charge in [0, 0.05) is 6.04 Å². The monoisotopic (exact) mass is 201 g/mol. The van der Waals surface area contributed by atoms with Crippen LogP contribution >= 0.6 is 0 Å². The third kappa shape index (κ3) is 2.48. The summed E-state index contributed by atoms with van der Waals surface area (Å²) in [5.74, 6) is 0. The first kappa shape index (κ1) is 10.4. The van der Waals surface area contributed by atoms with Crippen LogP contribution in [-0.4, -0.2) is 6.54 Å². The lowest BCUT2D eigenvalue weighted by atomic mass is 9.98. The van der Waals surface area contributed by atoms with Gasteiger partial charge in [0.25, 0.3) is 0 Å². The molecule has 0 amide bonds. The number of hydrogen-bond acceptors (Lipinski definition) is 1. The van der Waals surface area contributed by atoms with E-state index >= 15 is 0 Å². The van der Waals surface area contributed by atoms with Crippen LogP contribution in [0.4, 0.5) is 0 Å². The predicted octanol–water partition coefficient (Wildman–Crippen LogP) is 3.53. The summed E-state index contributed by atoms with van der Waals surface area (Å²) in [6.07, 6.45) is 4.84.